The summed E-state index contributed by atoms with van der Waals surface area (Å²) in [4.78, 5) is 73.0. The summed E-state index contributed by atoms with van der Waals surface area (Å²) in [6.45, 7) is 4.45. The lowest BCUT2D eigenvalue weighted by atomic mass is 10.1. The summed E-state index contributed by atoms with van der Waals surface area (Å²) < 4.78 is 68.6. The maximum absolute atomic E-state index is 13.1. The lowest BCUT2D eigenvalue weighted by Crippen LogP contribution is -2.30. The largest absolute Gasteiger partial charge is 0.472 e. The first-order valence-electron chi connectivity index (χ1n) is 40.1. The summed E-state index contributed by atoms with van der Waals surface area (Å²) in [5.74, 6) is -2.25. The van der Waals surface area contributed by atoms with Crippen LogP contribution in [0.3, 0.4) is 0 Å². The van der Waals surface area contributed by atoms with Crippen LogP contribution in [-0.4, -0.2) is 96.7 Å². The summed E-state index contributed by atoms with van der Waals surface area (Å²) in [6.07, 6.45) is 86.8. The van der Waals surface area contributed by atoms with Gasteiger partial charge in [-0.2, -0.15) is 0 Å². The zero-order valence-corrected chi connectivity index (χ0v) is 66.7. The molecule has 0 aromatic carbocycles. The predicted octanol–water partition coefficient (Wildman–Crippen LogP) is 23.4. The fourth-order valence-electron chi connectivity index (χ4n) is 10.3. The average Bonchev–Trinajstić information content (AvgIpc) is 0.911. The number of hydrogen-bond acceptors (Lipinski definition) is 15. The molecule has 0 aromatic heterocycles. The molecule has 19 heteroatoms. The molecule has 0 aliphatic rings. The molecule has 5 unspecified atom stereocenters. The maximum Gasteiger partial charge on any atom is 0.472 e. The van der Waals surface area contributed by atoms with Crippen LogP contribution in [0, 0.1) is 0 Å². The van der Waals surface area contributed by atoms with Gasteiger partial charge in [-0.05, 0) is 161 Å². The highest BCUT2D eigenvalue weighted by atomic mass is 31.2. The monoisotopic (exact) mass is 1500 g/mol. The van der Waals surface area contributed by atoms with Crippen molar-refractivity contribution in [3.05, 3.63) is 146 Å². The van der Waals surface area contributed by atoms with Crippen LogP contribution in [-0.2, 0) is 65.4 Å². The molecule has 0 heterocycles. The van der Waals surface area contributed by atoms with Crippen molar-refractivity contribution in [3.63, 3.8) is 0 Å². The third kappa shape index (κ3) is 75.2. The number of carbonyl (C=O) groups excluding carboxylic acids is 4. The zero-order valence-electron chi connectivity index (χ0n) is 64.9. The molecule has 0 amide bonds. The van der Waals surface area contributed by atoms with Crippen LogP contribution in [0.2, 0.25) is 0 Å². The van der Waals surface area contributed by atoms with Crippen LogP contribution < -0.4 is 0 Å². The first-order valence-corrected chi connectivity index (χ1v) is 43.1. The second-order valence-electron chi connectivity index (χ2n) is 26.2. The van der Waals surface area contributed by atoms with Gasteiger partial charge in [0.25, 0.3) is 0 Å². The van der Waals surface area contributed by atoms with Crippen molar-refractivity contribution in [1.29, 1.82) is 0 Å². The van der Waals surface area contributed by atoms with Gasteiger partial charge in [0.1, 0.15) is 19.3 Å². The highest BCUT2D eigenvalue weighted by molar-refractivity contribution is 7.47. The molecule has 0 radical (unpaired) electrons. The van der Waals surface area contributed by atoms with Gasteiger partial charge in [-0.3, -0.25) is 37.3 Å². The molecule has 0 aromatic rings. The van der Waals surface area contributed by atoms with E-state index >= 15 is 0 Å². The van der Waals surface area contributed by atoms with Gasteiger partial charge in [-0.15, -0.1) is 0 Å². The minimum absolute atomic E-state index is 0.0635. The second-order valence-corrected chi connectivity index (χ2v) is 29.1. The summed E-state index contributed by atoms with van der Waals surface area (Å²) in [7, 11) is -9.98. The molecule has 0 bridgehead atoms. The number of ether oxygens (including phenoxy) is 4. The first-order chi connectivity index (χ1) is 50.7. The molecule has 3 N–H and O–H groups in total. The third-order valence-electron chi connectivity index (χ3n) is 16.3. The number of allylic oxidation sites excluding steroid dienone is 24. The first kappa shape index (κ1) is 98.9. The Bertz CT molecular complexity index is 2540. The zero-order chi connectivity index (χ0) is 76.0. The van der Waals surface area contributed by atoms with Crippen LogP contribution in [0.15, 0.2) is 146 Å². The van der Waals surface area contributed by atoms with Crippen molar-refractivity contribution < 1.29 is 80.2 Å². The van der Waals surface area contributed by atoms with E-state index in [2.05, 4.69) is 174 Å². The normalized spacial score (nSPS) is 14.6. The maximum atomic E-state index is 13.1. The van der Waals surface area contributed by atoms with Crippen LogP contribution in [0.5, 0.6) is 0 Å². The van der Waals surface area contributed by atoms with Gasteiger partial charge < -0.3 is 33.8 Å². The van der Waals surface area contributed by atoms with Crippen molar-refractivity contribution in [2.24, 2.45) is 0 Å². The van der Waals surface area contributed by atoms with Crippen molar-refractivity contribution in [2.75, 3.05) is 39.6 Å². The SMILES string of the molecule is CC/C=C\C/C=C\C/C=C\C/C=C\C/C=C\CCCCCC(=O)OCC(COP(=O)(O)OCC(O)COP(=O)(O)OCC(COC(=O)CCCCCCCCC/C=C\C/C=C\C/C=C\CC)OC(=O)CCCCCCC/C=C\CCCCCC)OC(=O)CCCCCCC/C=C\C/C=C\C/C=C\CC. The van der Waals surface area contributed by atoms with E-state index in [0.717, 1.165) is 205 Å². The molecule has 0 spiro atoms. The summed E-state index contributed by atoms with van der Waals surface area (Å²) in [6, 6.07) is 0. The average molecular weight is 1500 g/mol. The molecular weight excluding hydrogens is 1350 g/mol. The number of unbranched alkanes of at least 4 members (excludes halogenated alkanes) is 24. The topological polar surface area (TPSA) is 237 Å². The Morgan fingerprint density at radius 3 is 0.788 bits per heavy atom. The van der Waals surface area contributed by atoms with Gasteiger partial charge in [-0.25, -0.2) is 9.13 Å². The van der Waals surface area contributed by atoms with Crippen molar-refractivity contribution in [2.45, 2.75) is 329 Å². The van der Waals surface area contributed by atoms with Gasteiger partial charge >= 0.3 is 39.5 Å². The van der Waals surface area contributed by atoms with Gasteiger partial charge in [-0.1, -0.05) is 270 Å². The number of rotatable bonds is 74. The number of carbonyl (C=O) groups is 4. The lowest BCUT2D eigenvalue weighted by Gasteiger charge is -2.21. The van der Waals surface area contributed by atoms with Crippen LogP contribution in [0.25, 0.3) is 0 Å². The molecule has 0 aliphatic heterocycles. The molecule has 594 valence electrons. The summed E-state index contributed by atoms with van der Waals surface area (Å²) in [5.41, 5.74) is 0. The number of esters is 4. The number of hydrogen-bond donors (Lipinski definition) is 3. The molecule has 0 fully saturated rings. The predicted molar refractivity (Wildman–Crippen MR) is 427 cm³/mol. The Labute approximate surface area is 630 Å². The summed E-state index contributed by atoms with van der Waals surface area (Å²) in [5, 5.41) is 10.6. The summed E-state index contributed by atoms with van der Waals surface area (Å²) >= 11 is 0. The van der Waals surface area contributed by atoms with Gasteiger partial charge in [0.2, 0.25) is 0 Å². The van der Waals surface area contributed by atoms with Gasteiger partial charge in [0.05, 0.1) is 26.4 Å². The Kier molecular flexibility index (Phi) is 72.4. The quantitative estimate of drug-likeness (QED) is 0.0169. The second kappa shape index (κ2) is 76.1. The van der Waals surface area contributed by atoms with E-state index in [4.69, 9.17) is 37.0 Å². The lowest BCUT2D eigenvalue weighted by molar-refractivity contribution is -0.161. The van der Waals surface area contributed by atoms with Crippen molar-refractivity contribution in [3.8, 4) is 0 Å². The minimum atomic E-state index is -5.00. The standard InChI is InChI=1S/C85H142O17P2/c1-5-9-13-17-21-25-29-33-36-38-39-41-44-47-50-54-58-62-66-70-83(88)96-76-81(102-85(90)72-68-64-60-56-52-48-42-35-31-27-23-19-15-11-7-3)78-100-104(93,94)98-74-79(86)73-97-103(91,92)99-77-80(101-84(89)71-67-63-59-55-51-45-32-28-24-20-16-12-8-4)75-95-82(87)69-65-61-57-53-49-46-43-40-37-34-30-26-22-18-14-10-6-2/h9-11,13-15,21-23,25-28,32-37,39,41-42,47,50,79-81,86H,5-8,12,16-20,24,29-31,38,40,43-46,48-49,51-78H2,1-4H3,(H,91,92)(H,93,94)/b13-9-,14-10-,15-11-,25-21-,26-22-,27-23-,32-28-,36-33-,37-34-,41-39-,42-35-,50-47-. The Hall–Kier alpha value is -5.06. The molecule has 5 atom stereocenters. The van der Waals surface area contributed by atoms with E-state index in [-0.39, 0.29) is 25.7 Å². The molecule has 104 heavy (non-hydrogen) atoms. The molecule has 0 rings (SSSR count). The van der Waals surface area contributed by atoms with E-state index in [0.29, 0.717) is 25.7 Å². The van der Waals surface area contributed by atoms with E-state index in [1.54, 1.807) is 0 Å². The smallest absolute Gasteiger partial charge is 0.462 e. The fourth-order valence-corrected chi connectivity index (χ4v) is 11.8. The minimum Gasteiger partial charge on any atom is -0.462 e. The van der Waals surface area contributed by atoms with Crippen LogP contribution >= 0.6 is 15.6 Å². The van der Waals surface area contributed by atoms with E-state index in [9.17, 15) is 43.2 Å². The van der Waals surface area contributed by atoms with E-state index in [1.807, 2.05) is 0 Å². The number of aliphatic hydroxyl groups is 1. The Morgan fingerprint density at radius 1 is 0.279 bits per heavy atom. The van der Waals surface area contributed by atoms with Crippen molar-refractivity contribution >= 4 is 39.5 Å². The Morgan fingerprint density at radius 2 is 0.500 bits per heavy atom. The number of phosphoric acid groups is 2. The number of aliphatic hydroxyl groups excluding tert-OH is 1. The molecule has 0 aliphatic carbocycles. The van der Waals surface area contributed by atoms with Gasteiger partial charge in [0, 0.05) is 25.7 Å². The van der Waals surface area contributed by atoms with Gasteiger partial charge in [0.15, 0.2) is 12.2 Å². The number of phosphoric ester groups is 2. The Balaban J connectivity index is 5.41. The van der Waals surface area contributed by atoms with Crippen LogP contribution in [0.1, 0.15) is 310 Å². The highest BCUT2D eigenvalue weighted by Crippen LogP contribution is 2.45. The van der Waals surface area contributed by atoms with E-state index in [1.165, 1.54) is 25.7 Å². The van der Waals surface area contributed by atoms with E-state index < -0.39 is 97.5 Å². The molecule has 0 saturated carbocycles. The molecule has 0 saturated heterocycles. The molecular formula is C85H142O17P2. The molecule has 17 nitrogen and oxygen atoms in total. The van der Waals surface area contributed by atoms with Crippen LogP contribution in [0.4, 0.5) is 0 Å². The highest BCUT2D eigenvalue weighted by Gasteiger charge is 2.30. The van der Waals surface area contributed by atoms with Crippen molar-refractivity contribution in [1.82, 2.24) is 0 Å². The fraction of sp³-hybridized carbons (Fsp3) is 0.671. The third-order valence-corrected chi connectivity index (χ3v) is 18.2.